The van der Waals surface area contributed by atoms with Crippen molar-refractivity contribution in [3.8, 4) is 0 Å². The van der Waals surface area contributed by atoms with Gasteiger partial charge < -0.3 is 10.1 Å². The van der Waals surface area contributed by atoms with E-state index in [9.17, 15) is 4.79 Å². The minimum Gasteiger partial charge on any atom is -0.461 e. The first kappa shape index (κ1) is 14.4. The van der Waals surface area contributed by atoms with Gasteiger partial charge in [0.05, 0.1) is 6.42 Å². The third-order valence-electron chi connectivity index (χ3n) is 2.75. The van der Waals surface area contributed by atoms with E-state index in [1.165, 1.54) is 0 Å². The molecule has 0 radical (unpaired) electrons. The molecule has 104 valence electrons. The van der Waals surface area contributed by atoms with Crippen molar-refractivity contribution in [1.29, 1.82) is 0 Å². The molecule has 0 amide bonds. The molecule has 0 unspecified atom stereocenters. The average Bonchev–Trinajstić information content (AvgIpc) is 2.48. The molecule has 0 heterocycles. The highest BCUT2D eigenvalue weighted by atomic mass is 35.5. The van der Waals surface area contributed by atoms with Gasteiger partial charge in [-0.15, -0.1) is 0 Å². The van der Waals surface area contributed by atoms with Gasteiger partial charge in [-0.25, -0.2) is 0 Å². The minimum atomic E-state index is -0.219. The molecular weight excluding hydrogens is 274 g/mol. The maximum absolute atomic E-state index is 11.6. The van der Waals surface area contributed by atoms with Crippen LogP contribution in [0.1, 0.15) is 12.0 Å². The van der Waals surface area contributed by atoms with E-state index in [1.807, 2.05) is 42.5 Å². The van der Waals surface area contributed by atoms with Crippen molar-refractivity contribution in [2.24, 2.45) is 0 Å². The zero-order valence-electron chi connectivity index (χ0n) is 11.0. The van der Waals surface area contributed by atoms with E-state index in [-0.39, 0.29) is 12.6 Å². The number of carbonyl (C=O) groups excluding carboxylic acids is 1. The van der Waals surface area contributed by atoms with Crippen molar-refractivity contribution in [3.63, 3.8) is 0 Å². The summed E-state index contributed by atoms with van der Waals surface area (Å²) in [4.78, 5) is 11.6. The number of esters is 1. The van der Waals surface area contributed by atoms with E-state index in [2.05, 4.69) is 5.32 Å². The smallest absolute Gasteiger partial charge is 0.307 e. The molecule has 2 rings (SSSR count). The maximum atomic E-state index is 11.6. The van der Waals surface area contributed by atoms with Gasteiger partial charge in [0, 0.05) is 17.3 Å². The lowest BCUT2D eigenvalue weighted by Crippen LogP contribution is -2.11. The molecule has 0 bridgehead atoms. The molecule has 0 spiro atoms. The van der Waals surface area contributed by atoms with Crippen LogP contribution in [-0.2, 0) is 16.1 Å². The molecule has 0 saturated heterocycles. The molecule has 0 atom stereocenters. The van der Waals surface area contributed by atoms with Gasteiger partial charge in [-0.2, -0.15) is 0 Å². The van der Waals surface area contributed by atoms with Crippen LogP contribution in [0.5, 0.6) is 0 Å². The number of halogens is 1. The van der Waals surface area contributed by atoms with Crippen LogP contribution >= 0.6 is 11.6 Å². The topological polar surface area (TPSA) is 38.3 Å². The molecule has 0 aliphatic heterocycles. The monoisotopic (exact) mass is 289 g/mol. The molecule has 4 heteroatoms. The molecule has 2 aromatic rings. The van der Waals surface area contributed by atoms with Crippen molar-refractivity contribution in [1.82, 2.24) is 0 Å². The average molecular weight is 290 g/mol. The predicted octanol–water partition coefficient (Wildman–Crippen LogP) is 3.89. The Morgan fingerprint density at radius 3 is 2.45 bits per heavy atom. The Bertz CT molecular complexity index is 540. The molecule has 3 nitrogen and oxygen atoms in total. The number of nitrogens with one attached hydrogen (secondary N) is 1. The summed E-state index contributed by atoms with van der Waals surface area (Å²) in [6, 6.07) is 17.0. The number of hydrogen-bond acceptors (Lipinski definition) is 3. The maximum Gasteiger partial charge on any atom is 0.307 e. The summed E-state index contributed by atoms with van der Waals surface area (Å²) in [6.45, 7) is 0.838. The van der Waals surface area contributed by atoms with E-state index >= 15 is 0 Å². The predicted molar refractivity (Wildman–Crippen MR) is 80.8 cm³/mol. The van der Waals surface area contributed by atoms with Gasteiger partial charge in [-0.1, -0.05) is 41.9 Å². The number of hydrogen-bond donors (Lipinski definition) is 1. The first-order valence-electron chi connectivity index (χ1n) is 6.43. The van der Waals surface area contributed by atoms with Crippen LogP contribution in [0, 0.1) is 0 Å². The number of carbonyl (C=O) groups is 1. The van der Waals surface area contributed by atoms with Crippen LogP contribution in [0.25, 0.3) is 0 Å². The summed E-state index contributed by atoms with van der Waals surface area (Å²) in [5, 5.41) is 3.84. The van der Waals surface area contributed by atoms with Gasteiger partial charge in [-0.3, -0.25) is 4.79 Å². The van der Waals surface area contributed by atoms with Crippen molar-refractivity contribution in [2.45, 2.75) is 13.0 Å². The van der Waals surface area contributed by atoms with Crippen LogP contribution in [0.3, 0.4) is 0 Å². The Morgan fingerprint density at radius 2 is 1.75 bits per heavy atom. The molecular formula is C16H16ClNO2. The second-order valence-corrected chi connectivity index (χ2v) is 4.77. The molecule has 0 fully saturated rings. The third kappa shape index (κ3) is 4.94. The standard InChI is InChI=1S/C16H16ClNO2/c17-14-8-6-13(7-9-14)12-20-16(19)10-11-18-15-4-2-1-3-5-15/h1-9,18H,10-12H2. The van der Waals surface area contributed by atoms with E-state index < -0.39 is 0 Å². The van der Waals surface area contributed by atoms with Crippen LogP contribution in [-0.4, -0.2) is 12.5 Å². The number of para-hydroxylation sites is 1. The summed E-state index contributed by atoms with van der Waals surface area (Å²) in [5.74, 6) is -0.219. The van der Waals surface area contributed by atoms with Gasteiger partial charge in [0.2, 0.25) is 0 Å². The number of ether oxygens (including phenoxy) is 1. The van der Waals surface area contributed by atoms with Gasteiger partial charge in [0.1, 0.15) is 6.61 Å². The molecule has 1 N–H and O–H groups in total. The van der Waals surface area contributed by atoms with Crippen LogP contribution < -0.4 is 5.32 Å². The fourth-order valence-corrected chi connectivity index (χ4v) is 1.81. The molecule has 0 aliphatic rings. The highest BCUT2D eigenvalue weighted by molar-refractivity contribution is 6.30. The van der Waals surface area contributed by atoms with E-state index in [1.54, 1.807) is 12.1 Å². The summed E-state index contributed by atoms with van der Waals surface area (Å²) in [5.41, 5.74) is 1.93. The highest BCUT2D eigenvalue weighted by Crippen LogP contribution is 2.10. The Balaban J connectivity index is 1.67. The lowest BCUT2D eigenvalue weighted by Gasteiger charge is -2.07. The number of rotatable bonds is 6. The van der Waals surface area contributed by atoms with Crippen LogP contribution in [0.2, 0.25) is 5.02 Å². The first-order chi connectivity index (χ1) is 9.74. The lowest BCUT2D eigenvalue weighted by molar-refractivity contribution is -0.144. The van der Waals surface area contributed by atoms with Gasteiger partial charge >= 0.3 is 5.97 Å². The summed E-state index contributed by atoms with van der Waals surface area (Å²) >= 11 is 5.79. The zero-order chi connectivity index (χ0) is 14.2. The second-order valence-electron chi connectivity index (χ2n) is 4.33. The first-order valence-corrected chi connectivity index (χ1v) is 6.81. The largest absolute Gasteiger partial charge is 0.461 e. The fourth-order valence-electron chi connectivity index (χ4n) is 1.68. The van der Waals surface area contributed by atoms with E-state index in [0.717, 1.165) is 11.3 Å². The second kappa shape index (κ2) is 7.56. The van der Waals surface area contributed by atoms with Crippen LogP contribution in [0.4, 0.5) is 5.69 Å². The Labute approximate surface area is 123 Å². The van der Waals surface area contributed by atoms with E-state index in [4.69, 9.17) is 16.3 Å². The molecule has 2 aromatic carbocycles. The Kier molecular flexibility index (Phi) is 5.44. The summed E-state index contributed by atoms with van der Waals surface area (Å²) < 4.78 is 5.18. The fraction of sp³-hybridized carbons (Fsp3) is 0.188. The lowest BCUT2D eigenvalue weighted by atomic mass is 10.2. The third-order valence-corrected chi connectivity index (χ3v) is 3.00. The molecule has 20 heavy (non-hydrogen) atoms. The SMILES string of the molecule is O=C(CCNc1ccccc1)OCc1ccc(Cl)cc1. The highest BCUT2D eigenvalue weighted by Gasteiger charge is 2.03. The molecule has 0 aromatic heterocycles. The van der Waals surface area contributed by atoms with Crippen LogP contribution in [0.15, 0.2) is 54.6 Å². The van der Waals surface area contributed by atoms with Crippen molar-refractivity contribution < 1.29 is 9.53 Å². The quantitative estimate of drug-likeness (QED) is 0.820. The van der Waals surface area contributed by atoms with Crippen molar-refractivity contribution in [3.05, 3.63) is 65.2 Å². The van der Waals surface area contributed by atoms with E-state index in [0.29, 0.717) is 18.0 Å². The summed E-state index contributed by atoms with van der Waals surface area (Å²) in [6.07, 6.45) is 0.336. The summed E-state index contributed by atoms with van der Waals surface area (Å²) in [7, 11) is 0. The van der Waals surface area contributed by atoms with Gasteiger partial charge in [0.15, 0.2) is 0 Å². The minimum absolute atomic E-state index is 0.219. The molecule has 0 saturated carbocycles. The van der Waals surface area contributed by atoms with Crippen molar-refractivity contribution >= 4 is 23.3 Å². The van der Waals surface area contributed by atoms with Gasteiger partial charge in [-0.05, 0) is 29.8 Å². The zero-order valence-corrected chi connectivity index (χ0v) is 11.8. The number of benzene rings is 2. The Morgan fingerprint density at radius 1 is 1.05 bits per heavy atom. The van der Waals surface area contributed by atoms with Crippen molar-refractivity contribution in [2.75, 3.05) is 11.9 Å². The van der Waals surface area contributed by atoms with Gasteiger partial charge in [0.25, 0.3) is 0 Å². The molecule has 0 aliphatic carbocycles. The Hall–Kier alpha value is -2.00. The normalized spacial score (nSPS) is 10.1. The number of anilines is 1.